The van der Waals surface area contributed by atoms with Crippen molar-refractivity contribution in [1.82, 2.24) is 5.32 Å². The molecule has 6 nitrogen and oxygen atoms in total. The highest BCUT2D eigenvalue weighted by molar-refractivity contribution is 6.20. The average Bonchev–Trinajstić information content (AvgIpc) is 3.47. The lowest BCUT2D eigenvalue weighted by molar-refractivity contribution is -0.133. The molecule has 1 aliphatic heterocycles. The highest BCUT2D eigenvalue weighted by atomic mass is 19.1. The van der Waals surface area contributed by atoms with Crippen LogP contribution in [0, 0.1) is 17.7 Å². The van der Waals surface area contributed by atoms with Crippen molar-refractivity contribution in [3.8, 4) is 0 Å². The van der Waals surface area contributed by atoms with E-state index in [0.717, 1.165) is 31.2 Å². The van der Waals surface area contributed by atoms with Crippen molar-refractivity contribution in [1.29, 1.82) is 0 Å². The second-order valence-corrected chi connectivity index (χ2v) is 10.9. The quantitative estimate of drug-likeness (QED) is 0.387. The maximum absolute atomic E-state index is 13.8. The predicted octanol–water partition coefficient (Wildman–Crippen LogP) is 5.27. The van der Waals surface area contributed by atoms with E-state index in [2.05, 4.69) is 5.32 Å². The molecule has 1 unspecified atom stereocenters. The van der Waals surface area contributed by atoms with E-state index in [9.17, 15) is 19.1 Å². The van der Waals surface area contributed by atoms with Crippen LogP contribution in [0.2, 0.25) is 0 Å². The third-order valence-electron chi connectivity index (χ3n) is 8.17. The van der Waals surface area contributed by atoms with Gasteiger partial charge in [0.05, 0.1) is 23.4 Å². The molecule has 0 spiro atoms. The maximum atomic E-state index is 13.8. The normalized spacial score (nSPS) is 19.0. The van der Waals surface area contributed by atoms with Crippen LogP contribution in [0.15, 0.2) is 83.9 Å². The van der Waals surface area contributed by atoms with Crippen molar-refractivity contribution in [3.63, 3.8) is 0 Å². The van der Waals surface area contributed by atoms with Crippen LogP contribution in [0.3, 0.4) is 0 Å². The summed E-state index contributed by atoms with van der Waals surface area (Å²) in [5.41, 5.74) is 3.61. The number of aliphatic imine (C=N–C) groups is 1. The molecule has 1 aliphatic carbocycles. The summed E-state index contributed by atoms with van der Waals surface area (Å²) in [6.45, 7) is 0. The molecule has 2 amide bonds. The monoisotopic (exact) mass is 541 g/mol. The molecule has 5 rings (SSSR count). The number of fused-ring (bicyclic) bond motifs is 1. The Morgan fingerprint density at radius 1 is 1.02 bits per heavy atom. The average molecular weight is 542 g/mol. The number of carbonyl (C=O) groups excluding carboxylic acids is 2. The lowest BCUT2D eigenvalue weighted by Crippen LogP contribution is -2.49. The third-order valence-corrected chi connectivity index (χ3v) is 8.17. The van der Waals surface area contributed by atoms with Crippen LogP contribution in [0.1, 0.15) is 55.2 Å². The number of rotatable bonds is 9. The van der Waals surface area contributed by atoms with Crippen LogP contribution >= 0.6 is 0 Å². The fraction of sp³-hybridized carbons (Fsp3) is 0.364. The molecular formula is C33H36FN3O3. The molecule has 2 N–H and O–H groups in total. The molecular weight excluding hydrogens is 505 g/mol. The first-order valence-electron chi connectivity index (χ1n) is 14.1. The Kier molecular flexibility index (Phi) is 8.70. The third kappa shape index (κ3) is 6.31. The number of para-hydroxylation sites is 1. The van der Waals surface area contributed by atoms with Crippen LogP contribution < -0.4 is 10.2 Å². The molecule has 1 fully saturated rings. The Bertz CT molecular complexity index is 1350. The second kappa shape index (κ2) is 12.6. The number of hydrogen-bond acceptors (Lipinski definition) is 4. The van der Waals surface area contributed by atoms with Gasteiger partial charge in [-0.15, -0.1) is 0 Å². The molecule has 40 heavy (non-hydrogen) atoms. The van der Waals surface area contributed by atoms with Gasteiger partial charge in [0.25, 0.3) is 5.91 Å². The van der Waals surface area contributed by atoms with E-state index in [1.807, 2.05) is 54.6 Å². The number of aliphatic hydroxyl groups excluding tert-OH is 1. The Hall–Kier alpha value is -3.84. The number of aliphatic hydroxyl groups is 1. The summed E-state index contributed by atoms with van der Waals surface area (Å²) in [4.78, 5) is 33.7. The molecule has 1 heterocycles. The van der Waals surface area contributed by atoms with Crippen LogP contribution in [-0.4, -0.2) is 41.9 Å². The molecule has 0 radical (unpaired) electrons. The number of benzene rings is 3. The smallest absolute Gasteiger partial charge is 0.272 e. The van der Waals surface area contributed by atoms with Gasteiger partial charge in [-0.05, 0) is 61.1 Å². The molecule has 3 aromatic rings. The van der Waals surface area contributed by atoms with Gasteiger partial charge in [0, 0.05) is 18.2 Å². The zero-order valence-electron chi connectivity index (χ0n) is 22.8. The van der Waals surface area contributed by atoms with Gasteiger partial charge in [-0.2, -0.15) is 0 Å². The van der Waals surface area contributed by atoms with Gasteiger partial charge in [0.15, 0.2) is 0 Å². The maximum Gasteiger partial charge on any atom is 0.272 e. The number of benzodiazepines with no additional fused rings is 1. The van der Waals surface area contributed by atoms with Crippen molar-refractivity contribution < 1.29 is 19.1 Å². The SMILES string of the molecule is CN1C(=O)C(NC(=O)[C@H](CC2CCCC2)[C@@H](O)CCc2ccccc2)N=C(c2ccc(F)cc2)c2ccccc21. The lowest BCUT2D eigenvalue weighted by atomic mass is 9.86. The summed E-state index contributed by atoms with van der Waals surface area (Å²) >= 11 is 0. The van der Waals surface area contributed by atoms with Crippen molar-refractivity contribution in [3.05, 3.63) is 101 Å². The van der Waals surface area contributed by atoms with Crippen molar-refractivity contribution in [2.45, 2.75) is 57.2 Å². The molecule has 2 aliphatic rings. The van der Waals surface area contributed by atoms with Gasteiger partial charge in [0.2, 0.25) is 12.1 Å². The van der Waals surface area contributed by atoms with Crippen molar-refractivity contribution >= 4 is 23.2 Å². The first-order valence-corrected chi connectivity index (χ1v) is 14.1. The molecule has 0 bridgehead atoms. The minimum absolute atomic E-state index is 0.368. The minimum atomic E-state index is -1.18. The largest absolute Gasteiger partial charge is 0.392 e. The summed E-state index contributed by atoms with van der Waals surface area (Å²) in [6, 6.07) is 23.2. The van der Waals surface area contributed by atoms with Crippen LogP contribution in [0.25, 0.3) is 0 Å². The second-order valence-electron chi connectivity index (χ2n) is 10.9. The Morgan fingerprint density at radius 2 is 1.70 bits per heavy atom. The number of amides is 2. The zero-order chi connectivity index (χ0) is 28.1. The van der Waals surface area contributed by atoms with Crippen molar-refractivity contribution in [2.24, 2.45) is 16.8 Å². The summed E-state index contributed by atoms with van der Waals surface area (Å²) in [5, 5.41) is 14.2. The van der Waals surface area contributed by atoms with Gasteiger partial charge in [-0.3, -0.25) is 9.59 Å². The number of hydrogen-bond donors (Lipinski definition) is 2. The molecule has 208 valence electrons. The first-order chi connectivity index (χ1) is 19.4. The highest BCUT2D eigenvalue weighted by Gasteiger charge is 2.36. The molecule has 1 saturated carbocycles. The number of halogens is 1. The van der Waals surface area contributed by atoms with E-state index in [-0.39, 0.29) is 17.6 Å². The Morgan fingerprint density at radius 3 is 2.42 bits per heavy atom. The van der Waals surface area contributed by atoms with Gasteiger partial charge < -0.3 is 15.3 Å². The van der Waals surface area contributed by atoms with E-state index in [0.29, 0.717) is 47.7 Å². The fourth-order valence-corrected chi connectivity index (χ4v) is 5.90. The topological polar surface area (TPSA) is 82.0 Å². The Balaban J connectivity index is 1.42. The molecule has 7 heteroatoms. The van der Waals surface area contributed by atoms with E-state index in [4.69, 9.17) is 4.99 Å². The molecule has 0 aromatic heterocycles. The van der Waals surface area contributed by atoms with Crippen LogP contribution in [0.4, 0.5) is 10.1 Å². The van der Waals surface area contributed by atoms with E-state index >= 15 is 0 Å². The zero-order valence-corrected chi connectivity index (χ0v) is 22.8. The summed E-state index contributed by atoms with van der Waals surface area (Å²) in [6.07, 6.45) is 4.00. The van der Waals surface area contributed by atoms with Crippen molar-refractivity contribution in [2.75, 3.05) is 11.9 Å². The molecule has 3 atom stereocenters. The fourth-order valence-electron chi connectivity index (χ4n) is 5.90. The van der Waals surface area contributed by atoms with Gasteiger partial charge >= 0.3 is 0 Å². The Labute approximate surface area is 234 Å². The highest BCUT2D eigenvalue weighted by Crippen LogP contribution is 2.33. The summed E-state index contributed by atoms with van der Waals surface area (Å²) in [5.74, 6) is -1.40. The van der Waals surface area contributed by atoms with E-state index in [1.165, 1.54) is 17.0 Å². The van der Waals surface area contributed by atoms with E-state index in [1.54, 1.807) is 19.2 Å². The number of likely N-dealkylation sites (N-methyl/N-ethyl adjacent to an activating group) is 1. The minimum Gasteiger partial charge on any atom is -0.392 e. The van der Waals surface area contributed by atoms with Crippen LogP contribution in [0.5, 0.6) is 0 Å². The summed E-state index contributed by atoms with van der Waals surface area (Å²) in [7, 11) is 1.66. The first kappa shape index (κ1) is 27.7. The molecule has 3 aromatic carbocycles. The van der Waals surface area contributed by atoms with Crippen LogP contribution in [-0.2, 0) is 16.0 Å². The number of nitrogens with one attached hydrogen (secondary N) is 1. The number of anilines is 1. The number of aryl methyl sites for hydroxylation is 1. The van der Waals surface area contributed by atoms with Gasteiger partial charge in [0.1, 0.15) is 5.82 Å². The molecule has 0 saturated heterocycles. The lowest BCUT2D eigenvalue weighted by Gasteiger charge is -2.27. The van der Waals surface area contributed by atoms with Gasteiger partial charge in [-0.25, -0.2) is 9.38 Å². The van der Waals surface area contributed by atoms with Gasteiger partial charge in [-0.1, -0.05) is 74.2 Å². The van der Waals surface area contributed by atoms with E-state index < -0.39 is 18.2 Å². The standard InChI is InChI=1S/C33H36FN3O3/c1-37-28-14-8-7-13-26(28)30(24-16-18-25(34)19-17-24)35-31(33(37)40)36-32(39)27(21-23-11-5-6-12-23)29(38)20-15-22-9-3-2-4-10-22/h2-4,7-10,13-14,16-19,23,27,29,31,38H,5-6,11-12,15,20-21H2,1H3,(H,36,39)/t27-,29+,31?/m1/s1. The number of carbonyl (C=O) groups is 2. The summed E-state index contributed by atoms with van der Waals surface area (Å²) < 4.78 is 13.7. The predicted molar refractivity (Wildman–Crippen MR) is 155 cm³/mol. The number of nitrogens with zero attached hydrogens (tertiary/aromatic N) is 2.